The molecule has 3 rings (SSSR count). The molecule has 0 saturated heterocycles. The van der Waals surface area contributed by atoms with E-state index in [0.717, 1.165) is 10.8 Å². The molecule has 2 heteroatoms. The van der Waals surface area contributed by atoms with Gasteiger partial charge in [0.25, 0.3) is 0 Å². The van der Waals surface area contributed by atoms with Crippen molar-refractivity contribution in [1.29, 1.82) is 0 Å². The Balaban J connectivity index is 0.000000640. The van der Waals surface area contributed by atoms with Crippen molar-refractivity contribution in [1.82, 2.24) is 0 Å². The molecule has 0 bridgehead atoms. The molecule has 0 spiro atoms. The van der Waals surface area contributed by atoms with Crippen molar-refractivity contribution >= 4 is 21.5 Å². The molecule has 0 unspecified atom stereocenters. The molecule has 16 heavy (non-hydrogen) atoms. The largest absolute Gasteiger partial charge is 1.00 e. The molecule has 0 amide bonds. The minimum Gasteiger partial charge on any atom is -0.216 e. The molecule has 0 nitrogen and oxygen atoms in total. The summed E-state index contributed by atoms with van der Waals surface area (Å²) in [6.07, 6.45) is 0. The second-order valence-electron chi connectivity index (χ2n) is 3.35. The van der Waals surface area contributed by atoms with Crippen molar-refractivity contribution in [2.45, 2.75) is 0 Å². The molecule has 66 valence electrons. The Morgan fingerprint density at radius 1 is 0.750 bits per heavy atom. The van der Waals surface area contributed by atoms with Gasteiger partial charge in [-0.2, -0.15) is 30.3 Å². The Labute approximate surface area is 119 Å². The van der Waals surface area contributed by atoms with Crippen LogP contribution < -0.4 is 37.7 Å². The van der Waals surface area contributed by atoms with Gasteiger partial charge in [-0.15, -0.1) is 16.8 Å². The van der Waals surface area contributed by atoms with E-state index in [1.807, 2.05) is 24.3 Å². The van der Waals surface area contributed by atoms with Gasteiger partial charge >= 0.3 is 37.7 Å². The van der Waals surface area contributed by atoms with E-state index in [9.17, 15) is 0 Å². The molecule has 0 heterocycles. The minimum absolute atomic E-state index is 0. The van der Waals surface area contributed by atoms with E-state index >= 15 is 0 Å². The van der Waals surface area contributed by atoms with Crippen molar-refractivity contribution in [3.8, 4) is 0 Å². The SMILES string of the molecule is [Li+].[Li+].[c-]1cccc2[c-]c3ccccc3cc12. The van der Waals surface area contributed by atoms with Crippen molar-refractivity contribution in [3.63, 3.8) is 0 Å². The minimum atomic E-state index is 0. The standard InChI is InChI=1S/C14H8.2Li/c1-2-6-12-10-14-8-4-3-7-13(14)9-11(12)5-1;;/h1-7,10H;;/q-2;2*+1. The predicted octanol–water partition coefficient (Wildman–Crippen LogP) is -2.40. The van der Waals surface area contributed by atoms with Crippen LogP contribution in [0.4, 0.5) is 0 Å². The summed E-state index contributed by atoms with van der Waals surface area (Å²) >= 11 is 0. The van der Waals surface area contributed by atoms with Crippen LogP contribution in [0.25, 0.3) is 21.5 Å². The summed E-state index contributed by atoms with van der Waals surface area (Å²) in [6.45, 7) is 0. The van der Waals surface area contributed by atoms with E-state index in [0.29, 0.717) is 0 Å². The molecule has 0 aliphatic heterocycles. The van der Waals surface area contributed by atoms with Crippen LogP contribution in [0.3, 0.4) is 0 Å². The van der Waals surface area contributed by atoms with Crippen LogP contribution in [-0.2, 0) is 0 Å². The van der Waals surface area contributed by atoms with E-state index in [1.165, 1.54) is 10.8 Å². The second-order valence-corrected chi connectivity index (χ2v) is 3.35. The first-order chi connectivity index (χ1) is 6.93. The van der Waals surface area contributed by atoms with Crippen LogP contribution in [0.5, 0.6) is 0 Å². The molecule has 0 saturated carbocycles. The smallest absolute Gasteiger partial charge is 0.216 e. The number of hydrogen-bond donors (Lipinski definition) is 0. The molecule has 3 aromatic carbocycles. The summed E-state index contributed by atoms with van der Waals surface area (Å²) < 4.78 is 0. The Hall–Kier alpha value is -0.625. The number of hydrogen-bond acceptors (Lipinski definition) is 0. The topological polar surface area (TPSA) is 0 Å². The van der Waals surface area contributed by atoms with Gasteiger partial charge in [-0.3, -0.25) is 0 Å². The summed E-state index contributed by atoms with van der Waals surface area (Å²) in [7, 11) is 0. The monoisotopic (exact) mass is 190 g/mol. The van der Waals surface area contributed by atoms with Crippen LogP contribution in [0, 0.1) is 12.1 Å². The molecular formula is C14H8Li2. The van der Waals surface area contributed by atoms with Gasteiger partial charge in [0, 0.05) is 0 Å². The predicted molar refractivity (Wildman–Crippen MR) is 59.1 cm³/mol. The first-order valence-corrected chi connectivity index (χ1v) is 4.65. The number of rotatable bonds is 0. The molecular weight excluding hydrogens is 182 g/mol. The Morgan fingerprint density at radius 2 is 1.50 bits per heavy atom. The molecule has 0 N–H and O–H groups in total. The third kappa shape index (κ3) is 2.37. The third-order valence-electron chi connectivity index (χ3n) is 2.42. The molecule has 0 radical (unpaired) electrons. The molecule has 0 aliphatic rings. The van der Waals surface area contributed by atoms with Gasteiger partial charge in [-0.1, -0.05) is 18.2 Å². The average Bonchev–Trinajstić information content (AvgIpc) is 2.26. The van der Waals surface area contributed by atoms with Gasteiger partial charge in [0.1, 0.15) is 0 Å². The van der Waals surface area contributed by atoms with Gasteiger partial charge in [-0.05, 0) is 0 Å². The fraction of sp³-hybridized carbons (Fsp3) is 0. The van der Waals surface area contributed by atoms with Gasteiger partial charge in [-0.25, -0.2) is 16.8 Å². The van der Waals surface area contributed by atoms with E-state index < -0.39 is 0 Å². The van der Waals surface area contributed by atoms with Crippen LogP contribution in [0.15, 0.2) is 48.5 Å². The molecule has 0 fully saturated rings. The molecule has 3 aromatic rings. The Kier molecular flexibility index (Phi) is 4.73. The fourth-order valence-electron chi connectivity index (χ4n) is 1.72. The second kappa shape index (κ2) is 5.63. The van der Waals surface area contributed by atoms with Gasteiger partial charge in [0.05, 0.1) is 0 Å². The Bertz CT molecular complexity index is 497. The average molecular weight is 190 g/mol. The van der Waals surface area contributed by atoms with Gasteiger partial charge < -0.3 is 0 Å². The summed E-state index contributed by atoms with van der Waals surface area (Å²) in [5.41, 5.74) is 0. The van der Waals surface area contributed by atoms with E-state index in [-0.39, 0.29) is 37.7 Å². The van der Waals surface area contributed by atoms with Crippen LogP contribution in [-0.4, -0.2) is 0 Å². The molecule has 0 aromatic heterocycles. The van der Waals surface area contributed by atoms with Crippen LogP contribution in [0.1, 0.15) is 0 Å². The first-order valence-electron chi connectivity index (χ1n) is 4.65. The zero-order valence-electron chi connectivity index (χ0n) is 9.62. The molecule has 0 atom stereocenters. The molecule has 0 aliphatic carbocycles. The summed E-state index contributed by atoms with van der Waals surface area (Å²) in [6, 6.07) is 23.0. The first kappa shape index (κ1) is 13.4. The quantitative estimate of drug-likeness (QED) is 0.211. The van der Waals surface area contributed by atoms with Crippen molar-refractivity contribution < 1.29 is 37.7 Å². The van der Waals surface area contributed by atoms with Crippen molar-refractivity contribution in [2.75, 3.05) is 0 Å². The van der Waals surface area contributed by atoms with Crippen molar-refractivity contribution in [3.05, 3.63) is 60.7 Å². The normalized spacial score (nSPS) is 9.50. The van der Waals surface area contributed by atoms with E-state index in [1.54, 1.807) is 0 Å². The summed E-state index contributed by atoms with van der Waals surface area (Å²) in [4.78, 5) is 0. The summed E-state index contributed by atoms with van der Waals surface area (Å²) in [5, 5.41) is 4.65. The van der Waals surface area contributed by atoms with Gasteiger partial charge in [0.15, 0.2) is 0 Å². The zero-order chi connectivity index (χ0) is 9.38. The van der Waals surface area contributed by atoms with Gasteiger partial charge in [0.2, 0.25) is 0 Å². The summed E-state index contributed by atoms with van der Waals surface area (Å²) in [5.74, 6) is 0. The van der Waals surface area contributed by atoms with Crippen LogP contribution >= 0.6 is 0 Å². The Morgan fingerprint density at radius 3 is 2.38 bits per heavy atom. The maximum absolute atomic E-state index is 3.38. The number of fused-ring (bicyclic) bond motifs is 2. The van der Waals surface area contributed by atoms with Crippen LogP contribution in [0.2, 0.25) is 0 Å². The third-order valence-corrected chi connectivity index (χ3v) is 2.42. The number of benzene rings is 3. The van der Waals surface area contributed by atoms with E-state index in [4.69, 9.17) is 0 Å². The zero-order valence-corrected chi connectivity index (χ0v) is 9.62. The maximum Gasteiger partial charge on any atom is 1.00 e. The van der Waals surface area contributed by atoms with Crippen molar-refractivity contribution in [2.24, 2.45) is 0 Å². The maximum atomic E-state index is 3.38. The fourth-order valence-corrected chi connectivity index (χ4v) is 1.72. The van der Waals surface area contributed by atoms with E-state index in [2.05, 4.69) is 36.4 Å².